The van der Waals surface area contributed by atoms with Gasteiger partial charge in [-0.2, -0.15) is 0 Å². The predicted molar refractivity (Wildman–Crippen MR) is 89.0 cm³/mol. The third-order valence-electron chi connectivity index (χ3n) is 3.00. The minimum Gasteiger partial charge on any atom is -0.436 e. The van der Waals surface area contributed by atoms with Crippen LogP contribution in [0.1, 0.15) is 0 Å². The first-order chi connectivity index (χ1) is 12.1. The molecule has 8 heteroatoms. The maximum absolute atomic E-state index is 13.8. The standard InChI is InChI=1S/C17H13FN4O3/c18-13-8-11(19)6-7-14(13)25-16-9-15(20-10-21-16)22-17(23)24-12-4-2-1-3-5-12/h1-10H,19H2,(H,20,21,22,23). The fraction of sp³-hybridized carbons (Fsp3) is 0. The SMILES string of the molecule is Nc1ccc(Oc2cc(NC(=O)Oc3ccccc3)ncn2)c(F)c1. The summed E-state index contributed by atoms with van der Waals surface area (Å²) in [6, 6.07) is 13.9. The molecule has 126 valence electrons. The maximum atomic E-state index is 13.8. The first kappa shape index (κ1) is 16.2. The number of hydrogen-bond donors (Lipinski definition) is 2. The Balaban J connectivity index is 1.68. The topological polar surface area (TPSA) is 99.4 Å². The Labute approximate surface area is 142 Å². The molecule has 3 N–H and O–H groups in total. The van der Waals surface area contributed by atoms with Gasteiger partial charge in [-0.15, -0.1) is 0 Å². The van der Waals surface area contributed by atoms with E-state index in [1.165, 1.54) is 24.5 Å². The number of halogens is 1. The molecule has 7 nitrogen and oxygen atoms in total. The van der Waals surface area contributed by atoms with E-state index in [1.54, 1.807) is 30.3 Å². The number of benzene rings is 2. The van der Waals surface area contributed by atoms with Gasteiger partial charge in [0.05, 0.1) is 0 Å². The van der Waals surface area contributed by atoms with Crippen LogP contribution in [0.2, 0.25) is 0 Å². The molecule has 0 aliphatic rings. The van der Waals surface area contributed by atoms with Crippen LogP contribution in [0.5, 0.6) is 17.4 Å². The van der Waals surface area contributed by atoms with Gasteiger partial charge in [-0.05, 0) is 24.3 Å². The second-order valence-electron chi connectivity index (χ2n) is 4.86. The van der Waals surface area contributed by atoms with Crippen LogP contribution in [-0.2, 0) is 0 Å². The minimum absolute atomic E-state index is 0.0497. The number of ether oxygens (including phenoxy) is 2. The number of anilines is 2. The van der Waals surface area contributed by atoms with Gasteiger partial charge >= 0.3 is 6.09 Å². The van der Waals surface area contributed by atoms with Gasteiger partial charge in [0, 0.05) is 17.8 Å². The van der Waals surface area contributed by atoms with Gasteiger partial charge in [-0.1, -0.05) is 18.2 Å². The van der Waals surface area contributed by atoms with Crippen LogP contribution >= 0.6 is 0 Å². The van der Waals surface area contributed by atoms with Gasteiger partial charge in [0.1, 0.15) is 17.9 Å². The molecule has 0 radical (unpaired) electrons. The first-order valence-corrected chi connectivity index (χ1v) is 7.19. The van der Waals surface area contributed by atoms with Crippen LogP contribution in [0.4, 0.5) is 20.7 Å². The van der Waals surface area contributed by atoms with Crippen molar-refractivity contribution in [1.29, 1.82) is 0 Å². The van der Waals surface area contributed by atoms with E-state index in [0.29, 0.717) is 5.75 Å². The molecule has 1 heterocycles. The van der Waals surface area contributed by atoms with E-state index in [-0.39, 0.29) is 23.1 Å². The first-order valence-electron chi connectivity index (χ1n) is 7.19. The average molecular weight is 340 g/mol. The van der Waals surface area contributed by atoms with Crippen molar-refractivity contribution in [2.24, 2.45) is 0 Å². The minimum atomic E-state index is -0.727. The number of nitrogens with zero attached hydrogens (tertiary/aromatic N) is 2. The second kappa shape index (κ2) is 7.26. The van der Waals surface area contributed by atoms with E-state index in [4.69, 9.17) is 15.2 Å². The number of amides is 1. The maximum Gasteiger partial charge on any atom is 0.418 e. The lowest BCUT2D eigenvalue weighted by Gasteiger charge is -2.08. The van der Waals surface area contributed by atoms with Crippen molar-refractivity contribution in [2.75, 3.05) is 11.1 Å². The highest BCUT2D eigenvalue weighted by Crippen LogP contribution is 2.25. The quantitative estimate of drug-likeness (QED) is 0.704. The Morgan fingerprint density at radius 3 is 2.64 bits per heavy atom. The summed E-state index contributed by atoms with van der Waals surface area (Å²) in [6.45, 7) is 0. The molecule has 3 aromatic rings. The number of carbonyl (C=O) groups is 1. The van der Waals surface area contributed by atoms with E-state index in [1.807, 2.05) is 0 Å². The number of aromatic nitrogens is 2. The van der Waals surface area contributed by atoms with Crippen molar-refractivity contribution in [2.45, 2.75) is 0 Å². The fourth-order valence-corrected chi connectivity index (χ4v) is 1.90. The number of para-hydroxylation sites is 1. The van der Waals surface area contributed by atoms with Crippen LogP contribution in [-0.4, -0.2) is 16.1 Å². The lowest BCUT2D eigenvalue weighted by Crippen LogP contribution is -2.17. The number of nitrogen functional groups attached to an aromatic ring is 1. The lowest BCUT2D eigenvalue weighted by atomic mass is 10.3. The molecule has 0 unspecified atom stereocenters. The number of nitrogens with one attached hydrogen (secondary N) is 1. The molecule has 0 atom stereocenters. The third kappa shape index (κ3) is 4.41. The largest absolute Gasteiger partial charge is 0.436 e. The molecule has 1 amide bonds. The smallest absolute Gasteiger partial charge is 0.418 e. The summed E-state index contributed by atoms with van der Waals surface area (Å²) in [5.41, 5.74) is 5.76. The van der Waals surface area contributed by atoms with Crippen molar-refractivity contribution in [1.82, 2.24) is 9.97 Å². The normalized spacial score (nSPS) is 10.1. The zero-order chi connectivity index (χ0) is 17.6. The molecule has 2 aromatic carbocycles. The van der Waals surface area contributed by atoms with Crippen molar-refractivity contribution >= 4 is 17.6 Å². The monoisotopic (exact) mass is 340 g/mol. The van der Waals surface area contributed by atoms with Crippen molar-refractivity contribution < 1.29 is 18.7 Å². The highest BCUT2D eigenvalue weighted by Gasteiger charge is 2.10. The van der Waals surface area contributed by atoms with Crippen molar-refractivity contribution in [3.8, 4) is 17.4 Å². The number of hydrogen-bond acceptors (Lipinski definition) is 6. The molecule has 0 aliphatic heterocycles. The summed E-state index contributed by atoms with van der Waals surface area (Å²) < 4.78 is 24.2. The van der Waals surface area contributed by atoms with Gasteiger partial charge < -0.3 is 15.2 Å². The molecule has 0 saturated carbocycles. The van der Waals surface area contributed by atoms with Crippen LogP contribution in [0.15, 0.2) is 60.9 Å². The zero-order valence-corrected chi connectivity index (χ0v) is 12.8. The third-order valence-corrected chi connectivity index (χ3v) is 3.00. The molecule has 0 bridgehead atoms. The molecule has 0 spiro atoms. The Bertz CT molecular complexity index is 890. The Morgan fingerprint density at radius 2 is 1.88 bits per heavy atom. The lowest BCUT2D eigenvalue weighted by molar-refractivity contribution is 0.215. The van der Waals surface area contributed by atoms with Gasteiger partial charge in [0.15, 0.2) is 11.6 Å². The fourth-order valence-electron chi connectivity index (χ4n) is 1.90. The number of rotatable bonds is 4. The van der Waals surface area contributed by atoms with E-state index in [2.05, 4.69) is 15.3 Å². The highest BCUT2D eigenvalue weighted by atomic mass is 19.1. The van der Waals surface area contributed by atoms with E-state index >= 15 is 0 Å². The molecule has 0 aliphatic carbocycles. The molecule has 0 saturated heterocycles. The molecular weight excluding hydrogens is 327 g/mol. The van der Waals surface area contributed by atoms with Crippen LogP contribution in [0, 0.1) is 5.82 Å². The molecule has 1 aromatic heterocycles. The van der Waals surface area contributed by atoms with Gasteiger partial charge in [-0.25, -0.2) is 19.2 Å². The van der Waals surface area contributed by atoms with Gasteiger partial charge in [-0.3, -0.25) is 5.32 Å². The summed E-state index contributed by atoms with van der Waals surface area (Å²) in [6.07, 6.45) is 0.442. The van der Waals surface area contributed by atoms with Crippen LogP contribution in [0.3, 0.4) is 0 Å². The summed E-state index contributed by atoms with van der Waals surface area (Å²) in [5, 5.41) is 2.43. The Kier molecular flexibility index (Phi) is 4.70. The Morgan fingerprint density at radius 1 is 1.08 bits per heavy atom. The molecule has 3 rings (SSSR count). The number of nitrogens with two attached hydrogens (primary N) is 1. The summed E-state index contributed by atoms with van der Waals surface area (Å²) in [7, 11) is 0. The highest BCUT2D eigenvalue weighted by molar-refractivity contribution is 5.85. The van der Waals surface area contributed by atoms with Gasteiger partial charge in [0.2, 0.25) is 5.88 Å². The van der Waals surface area contributed by atoms with Crippen molar-refractivity contribution in [3.05, 3.63) is 66.7 Å². The van der Waals surface area contributed by atoms with Crippen LogP contribution in [0.25, 0.3) is 0 Å². The van der Waals surface area contributed by atoms with E-state index in [0.717, 1.165) is 6.07 Å². The number of carbonyl (C=O) groups excluding carboxylic acids is 1. The van der Waals surface area contributed by atoms with Crippen LogP contribution < -0.4 is 20.5 Å². The zero-order valence-electron chi connectivity index (χ0n) is 12.8. The summed E-state index contributed by atoms with van der Waals surface area (Å²) in [4.78, 5) is 19.6. The summed E-state index contributed by atoms with van der Waals surface area (Å²) >= 11 is 0. The molecule has 25 heavy (non-hydrogen) atoms. The Hall–Kier alpha value is -3.68. The van der Waals surface area contributed by atoms with E-state index < -0.39 is 11.9 Å². The molecule has 0 fully saturated rings. The predicted octanol–water partition coefficient (Wildman–Crippen LogP) is 3.60. The molecular formula is C17H13FN4O3. The summed E-state index contributed by atoms with van der Waals surface area (Å²) in [5.74, 6) is -0.104. The average Bonchev–Trinajstić information content (AvgIpc) is 2.58. The van der Waals surface area contributed by atoms with Gasteiger partial charge in [0.25, 0.3) is 0 Å². The second-order valence-corrected chi connectivity index (χ2v) is 4.86. The van der Waals surface area contributed by atoms with Crippen molar-refractivity contribution in [3.63, 3.8) is 0 Å². The van der Waals surface area contributed by atoms with E-state index in [9.17, 15) is 9.18 Å².